The van der Waals surface area contributed by atoms with Crippen molar-refractivity contribution >= 4 is 28.1 Å². The van der Waals surface area contributed by atoms with Gasteiger partial charge in [-0.3, -0.25) is 4.18 Å². The zero-order valence-electron chi connectivity index (χ0n) is 11.1. The zero-order valence-corrected chi connectivity index (χ0v) is 12.7. The van der Waals surface area contributed by atoms with Crippen molar-refractivity contribution in [3.05, 3.63) is 0 Å². The highest BCUT2D eigenvalue weighted by atomic mass is 32.2. The van der Waals surface area contributed by atoms with Crippen LogP contribution in [-0.2, 0) is 33.2 Å². The summed E-state index contributed by atoms with van der Waals surface area (Å²) < 4.78 is 64.0. The normalized spacial score (nSPS) is 41.8. The summed E-state index contributed by atoms with van der Waals surface area (Å²) in [6, 6.07) is 0. The summed E-state index contributed by atoms with van der Waals surface area (Å²) in [6.07, 6.45) is -0.309. The average Bonchev–Trinajstić information content (AvgIpc) is 3.01. The Morgan fingerprint density at radius 3 is 2.77 bits per heavy atom. The van der Waals surface area contributed by atoms with Crippen molar-refractivity contribution in [1.29, 1.82) is 0 Å². The van der Waals surface area contributed by atoms with Gasteiger partial charge in [-0.2, -0.15) is 17.2 Å². The Labute approximate surface area is 128 Å². The smallest absolute Gasteiger partial charge is 0.415 e. The maximum Gasteiger partial charge on any atom is 0.415 e. The lowest BCUT2D eigenvalue weighted by atomic mass is 9.83. The fourth-order valence-corrected chi connectivity index (χ4v) is 5.82. The van der Waals surface area contributed by atoms with Crippen LogP contribution in [0.25, 0.3) is 0 Å². The number of ether oxygens (including phenoxy) is 1. The molecule has 0 amide bonds. The highest BCUT2D eigenvalue weighted by Gasteiger charge is 2.71. The molecule has 0 aromatic rings. The first-order valence-corrected chi connectivity index (χ1v) is 8.52. The largest absolute Gasteiger partial charge is 0.451 e. The van der Waals surface area contributed by atoms with Crippen molar-refractivity contribution in [1.82, 2.24) is 0 Å². The van der Waals surface area contributed by atoms with Crippen LogP contribution in [0, 0.1) is 11.8 Å². The van der Waals surface area contributed by atoms with E-state index in [1.54, 1.807) is 0 Å². The number of halogens is 2. The van der Waals surface area contributed by atoms with Gasteiger partial charge in [0.1, 0.15) is 23.7 Å². The van der Waals surface area contributed by atoms with Gasteiger partial charge in [0.05, 0.1) is 5.25 Å². The Balaban J connectivity index is 1.77. The van der Waals surface area contributed by atoms with Crippen molar-refractivity contribution in [3.8, 4) is 0 Å². The molecule has 0 radical (unpaired) electrons. The first kappa shape index (κ1) is 16.3. The van der Waals surface area contributed by atoms with E-state index in [0.717, 1.165) is 0 Å². The Morgan fingerprint density at radius 2 is 2.14 bits per heavy atom. The number of carbonyl (C=O) groups excluding carboxylic acids is 1. The van der Waals surface area contributed by atoms with Crippen LogP contribution in [0.4, 0.5) is 8.78 Å². The van der Waals surface area contributed by atoms with Gasteiger partial charge in [-0.1, -0.05) is 5.04 Å². The van der Waals surface area contributed by atoms with E-state index in [4.69, 9.17) is 14.2 Å². The summed E-state index contributed by atoms with van der Waals surface area (Å²) in [5.41, 5.74) is -1.45. The van der Waals surface area contributed by atoms with E-state index >= 15 is 0 Å². The zero-order chi connectivity index (χ0) is 16.3. The molecule has 126 valence electrons. The van der Waals surface area contributed by atoms with E-state index in [1.165, 1.54) is 6.92 Å². The summed E-state index contributed by atoms with van der Waals surface area (Å²) in [6.45, 7) is 1.39. The summed E-state index contributed by atoms with van der Waals surface area (Å²) in [7, 11) is -3.75. The van der Waals surface area contributed by atoms with E-state index in [0.29, 0.717) is 6.42 Å². The Bertz CT molecular complexity index is 596. The summed E-state index contributed by atoms with van der Waals surface area (Å²) in [5, 5.41) is 6.09. The van der Waals surface area contributed by atoms with E-state index in [1.807, 2.05) is 0 Å². The first-order chi connectivity index (χ1) is 10.1. The first-order valence-electron chi connectivity index (χ1n) is 6.31. The van der Waals surface area contributed by atoms with Crippen molar-refractivity contribution in [2.45, 2.75) is 42.0 Å². The summed E-state index contributed by atoms with van der Waals surface area (Å²) >= 11 is -0.731. The van der Waals surface area contributed by atoms with E-state index in [2.05, 4.69) is 9.37 Å². The van der Waals surface area contributed by atoms with Gasteiger partial charge >= 0.3 is 11.2 Å². The molecule has 3 rings (SSSR count). The fourth-order valence-electron chi connectivity index (χ4n) is 3.68. The third kappa shape index (κ3) is 2.24. The SMILES string of the molecule is CC1(OC(=O)C(F)(F)SOOO)C2CC3C1OS(=O)(=O)C3C2. The maximum absolute atomic E-state index is 13.5. The molecule has 3 aliphatic rings. The molecule has 1 aliphatic heterocycles. The van der Waals surface area contributed by atoms with Crippen LogP contribution in [-0.4, -0.2) is 41.9 Å². The maximum atomic E-state index is 13.5. The third-order valence-electron chi connectivity index (χ3n) is 4.64. The highest BCUT2D eigenvalue weighted by molar-refractivity contribution is 7.96. The lowest BCUT2D eigenvalue weighted by Crippen LogP contribution is -2.50. The van der Waals surface area contributed by atoms with Crippen LogP contribution in [0.3, 0.4) is 0 Å². The fraction of sp³-hybridized carbons (Fsp3) is 0.900. The van der Waals surface area contributed by atoms with Gasteiger partial charge in [0.25, 0.3) is 10.1 Å². The van der Waals surface area contributed by atoms with Crippen LogP contribution in [0.2, 0.25) is 0 Å². The predicted octanol–water partition coefficient (Wildman–Crippen LogP) is 1.09. The molecule has 2 bridgehead atoms. The van der Waals surface area contributed by atoms with Crippen LogP contribution in [0.5, 0.6) is 0 Å². The molecule has 0 aromatic carbocycles. The number of hydrogen-bond donors (Lipinski definition) is 1. The molecule has 0 spiro atoms. The van der Waals surface area contributed by atoms with Crippen LogP contribution in [0.15, 0.2) is 0 Å². The molecule has 12 heteroatoms. The average molecular weight is 362 g/mol. The lowest BCUT2D eigenvalue weighted by molar-refractivity contribution is -0.433. The molecule has 1 saturated heterocycles. The van der Waals surface area contributed by atoms with Gasteiger partial charge in [-0.15, -0.1) is 4.33 Å². The standard InChI is InChI=1S/C10H12F2O8S2/c1-9(17-8(13)10(11,12)21-20-19-14)4-2-5-6(3-4)22(15,16)18-7(5)9/h4-7,14H,2-3H2,1H3. The van der Waals surface area contributed by atoms with Crippen LogP contribution in [0.1, 0.15) is 19.8 Å². The summed E-state index contributed by atoms with van der Waals surface area (Å²) in [5.74, 6) is -2.65. The topological polar surface area (TPSA) is 108 Å². The van der Waals surface area contributed by atoms with Crippen LogP contribution < -0.4 is 0 Å². The van der Waals surface area contributed by atoms with Crippen LogP contribution >= 0.6 is 12.0 Å². The highest BCUT2D eigenvalue weighted by Crippen LogP contribution is 2.60. The van der Waals surface area contributed by atoms with Gasteiger partial charge in [0, 0.05) is 11.8 Å². The molecule has 22 heavy (non-hydrogen) atoms. The molecule has 2 saturated carbocycles. The molecule has 0 aromatic heterocycles. The Morgan fingerprint density at radius 1 is 1.45 bits per heavy atom. The molecule has 5 atom stereocenters. The number of hydrogen-bond acceptors (Lipinski definition) is 9. The molecule has 1 heterocycles. The van der Waals surface area contributed by atoms with Crippen molar-refractivity contribution in [2.24, 2.45) is 11.8 Å². The van der Waals surface area contributed by atoms with Crippen molar-refractivity contribution in [3.63, 3.8) is 0 Å². The molecule has 8 nitrogen and oxygen atoms in total. The monoisotopic (exact) mass is 362 g/mol. The number of fused-ring (bicyclic) bond motifs is 1. The molecule has 1 N–H and O–H groups in total. The minimum absolute atomic E-state index is 0.211. The van der Waals surface area contributed by atoms with Gasteiger partial charge in [-0.25, -0.2) is 10.1 Å². The summed E-state index contributed by atoms with van der Waals surface area (Å²) in [4.78, 5) is 11.6. The quantitative estimate of drug-likeness (QED) is 0.253. The molecular weight excluding hydrogens is 350 g/mol. The lowest BCUT2D eigenvalue weighted by Gasteiger charge is -2.36. The Hall–Kier alpha value is -0.530. The van der Waals surface area contributed by atoms with E-state index in [9.17, 15) is 22.0 Å². The second-order valence-electron chi connectivity index (χ2n) is 5.70. The van der Waals surface area contributed by atoms with Gasteiger partial charge < -0.3 is 4.74 Å². The Kier molecular flexibility index (Phi) is 3.70. The number of alkyl halides is 2. The van der Waals surface area contributed by atoms with Gasteiger partial charge in [0.15, 0.2) is 0 Å². The van der Waals surface area contributed by atoms with Crippen molar-refractivity contribution in [2.75, 3.05) is 0 Å². The molecule has 2 aliphatic carbocycles. The second kappa shape index (κ2) is 4.98. The molecular formula is C10H12F2O8S2. The number of carbonyl (C=O) groups is 1. The van der Waals surface area contributed by atoms with Crippen molar-refractivity contribution < 1.29 is 45.5 Å². The van der Waals surface area contributed by atoms with E-state index < -0.39 is 50.3 Å². The van der Waals surface area contributed by atoms with Gasteiger partial charge in [0.2, 0.25) is 0 Å². The molecule has 3 fully saturated rings. The van der Waals surface area contributed by atoms with E-state index in [-0.39, 0.29) is 18.3 Å². The third-order valence-corrected chi connectivity index (χ3v) is 6.91. The number of esters is 1. The predicted molar refractivity (Wildman–Crippen MR) is 65.6 cm³/mol. The number of rotatable bonds is 5. The minimum Gasteiger partial charge on any atom is -0.451 e. The second-order valence-corrected chi connectivity index (χ2v) is 8.30. The molecule has 5 unspecified atom stereocenters. The van der Waals surface area contributed by atoms with Gasteiger partial charge in [-0.05, 0) is 19.8 Å². The minimum atomic E-state index is -4.13.